The summed E-state index contributed by atoms with van der Waals surface area (Å²) in [7, 11) is 6.75. The number of hydrogen-bond acceptors (Lipinski definition) is 12. The first kappa shape index (κ1) is 39.3. The van der Waals surface area contributed by atoms with Gasteiger partial charge in [-0.1, -0.05) is 24.3 Å². The number of nitrogens with zero attached hydrogens (tertiary/aromatic N) is 7. The second kappa shape index (κ2) is 15.2. The highest BCUT2D eigenvalue weighted by Gasteiger charge is 2.47. The fourth-order valence-electron chi connectivity index (χ4n) is 6.11. The minimum Gasteiger partial charge on any atom is -0.497 e. The van der Waals surface area contributed by atoms with E-state index >= 15 is 0 Å². The summed E-state index contributed by atoms with van der Waals surface area (Å²) in [5, 5.41) is 13.3. The lowest BCUT2D eigenvalue weighted by Gasteiger charge is -2.46. The Hall–Kier alpha value is -3.88. The van der Waals surface area contributed by atoms with Crippen LogP contribution in [0.2, 0.25) is 0 Å². The number of benzene rings is 2. The van der Waals surface area contributed by atoms with Gasteiger partial charge in [-0.15, -0.1) is 0 Å². The largest absolute Gasteiger partial charge is 0.497 e. The third kappa shape index (κ3) is 7.74. The van der Waals surface area contributed by atoms with Crippen LogP contribution in [0.15, 0.2) is 70.7 Å². The van der Waals surface area contributed by atoms with Gasteiger partial charge in [0.25, 0.3) is 20.0 Å². The van der Waals surface area contributed by atoms with E-state index in [1.165, 1.54) is 10.4 Å². The van der Waals surface area contributed by atoms with Gasteiger partial charge in [0.1, 0.15) is 22.6 Å². The molecule has 0 bridgehead atoms. The van der Waals surface area contributed by atoms with E-state index in [4.69, 9.17) is 24.1 Å². The summed E-state index contributed by atoms with van der Waals surface area (Å²) in [5.41, 5.74) is 2.57. The molecular formula is C34H48N8O8S2. The molecule has 2 aliphatic heterocycles. The summed E-state index contributed by atoms with van der Waals surface area (Å²) in [5.74, 6) is 1.42. The van der Waals surface area contributed by atoms with Crippen LogP contribution in [0.1, 0.15) is 22.5 Å². The molecule has 4 heterocycles. The molecule has 18 heteroatoms. The molecule has 6 rings (SSSR count). The highest BCUT2D eigenvalue weighted by atomic mass is 32.2. The van der Waals surface area contributed by atoms with Crippen LogP contribution < -0.4 is 14.6 Å². The molecule has 0 atom stereocenters. The summed E-state index contributed by atoms with van der Waals surface area (Å²) in [6, 6.07) is 17.9. The molecule has 0 amide bonds. The first-order valence-electron chi connectivity index (χ1n) is 16.3. The van der Waals surface area contributed by atoms with Gasteiger partial charge >= 0.3 is 0 Å². The lowest BCUT2D eigenvalue weighted by molar-refractivity contribution is -0.134. The predicted octanol–water partition coefficient (Wildman–Crippen LogP) is 1.47. The third-order valence-electron chi connectivity index (χ3n) is 9.68. The van der Waals surface area contributed by atoms with E-state index in [9.17, 15) is 16.8 Å². The summed E-state index contributed by atoms with van der Waals surface area (Å²) in [6.07, 6.45) is 0. The van der Waals surface area contributed by atoms with Crippen molar-refractivity contribution in [2.24, 2.45) is 19.2 Å². The number of primary sulfonamides is 1. The maximum atomic E-state index is 13.9. The molecule has 4 aromatic rings. The SMILES string of the molecule is CN(C)C1(c2cc(S(N)(=O)=O)nn2C)COC1.COc1ccc(CN(Cc2ccc(OC)cc2)S(=O)(=O)c2cc(C3(N(C)C)COC3)n(C)n2)cc1. The summed E-state index contributed by atoms with van der Waals surface area (Å²) in [4.78, 5) is 4.05. The molecule has 16 nitrogen and oxygen atoms in total. The molecule has 2 N–H and O–H groups in total. The number of nitrogens with two attached hydrogens (primary N) is 1. The Morgan fingerprint density at radius 2 is 1.06 bits per heavy atom. The quantitative estimate of drug-likeness (QED) is 0.208. The zero-order chi connectivity index (χ0) is 38.1. The average Bonchev–Trinajstić information content (AvgIpc) is 3.64. The lowest BCUT2D eigenvalue weighted by atomic mass is 9.91. The second-order valence-corrected chi connectivity index (χ2v) is 16.7. The topological polar surface area (TPSA) is 177 Å². The summed E-state index contributed by atoms with van der Waals surface area (Å²) >= 11 is 0. The van der Waals surface area contributed by atoms with Gasteiger partial charge in [-0.05, 0) is 63.6 Å². The Morgan fingerprint density at radius 3 is 1.35 bits per heavy atom. The van der Waals surface area contributed by atoms with Crippen LogP contribution in [0.3, 0.4) is 0 Å². The van der Waals surface area contributed by atoms with Crippen LogP contribution in [-0.4, -0.2) is 119 Å². The van der Waals surface area contributed by atoms with Gasteiger partial charge in [0, 0.05) is 39.3 Å². The van der Waals surface area contributed by atoms with E-state index < -0.39 is 25.6 Å². The van der Waals surface area contributed by atoms with E-state index in [-0.39, 0.29) is 28.7 Å². The summed E-state index contributed by atoms with van der Waals surface area (Å²) in [6.45, 7) is 2.38. The summed E-state index contributed by atoms with van der Waals surface area (Å²) < 4.78 is 76.2. The number of hydrogen-bond donors (Lipinski definition) is 1. The molecule has 2 aromatic carbocycles. The predicted molar refractivity (Wildman–Crippen MR) is 193 cm³/mol. The van der Waals surface area contributed by atoms with Crippen LogP contribution in [0.5, 0.6) is 11.5 Å². The number of sulfonamides is 2. The maximum absolute atomic E-state index is 13.9. The molecule has 2 saturated heterocycles. The Balaban J connectivity index is 0.000000257. The van der Waals surface area contributed by atoms with Crippen molar-refractivity contribution < 1.29 is 35.8 Å². The van der Waals surface area contributed by atoms with Crippen molar-refractivity contribution in [3.05, 3.63) is 83.2 Å². The Labute approximate surface area is 305 Å². The van der Waals surface area contributed by atoms with Gasteiger partial charge in [0.05, 0.1) is 52.0 Å². The van der Waals surface area contributed by atoms with Gasteiger partial charge in [-0.25, -0.2) is 22.0 Å². The molecule has 284 valence electrons. The van der Waals surface area contributed by atoms with Crippen molar-refractivity contribution in [2.45, 2.75) is 34.2 Å². The smallest absolute Gasteiger partial charge is 0.263 e. The minimum absolute atomic E-state index is 0.0187. The molecular weight excluding hydrogens is 713 g/mol. The monoisotopic (exact) mass is 760 g/mol. The molecule has 0 unspecified atom stereocenters. The van der Waals surface area contributed by atoms with Crippen molar-refractivity contribution in [1.29, 1.82) is 0 Å². The number of ether oxygens (including phenoxy) is 4. The molecule has 2 fully saturated rings. The highest BCUT2D eigenvalue weighted by molar-refractivity contribution is 7.89. The third-order valence-corrected chi connectivity index (χ3v) is 12.1. The number of aromatic nitrogens is 4. The molecule has 2 aromatic heterocycles. The first-order chi connectivity index (χ1) is 24.5. The molecule has 2 aliphatic rings. The molecule has 0 spiro atoms. The number of methoxy groups -OCH3 is 2. The van der Waals surface area contributed by atoms with Gasteiger partial charge < -0.3 is 18.9 Å². The van der Waals surface area contributed by atoms with Gasteiger partial charge in [-0.2, -0.15) is 14.5 Å². The number of likely N-dealkylation sites (N-methyl/N-ethyl adjacent to an activating group) is 2. The minimum atomic E-state index is -3.92. The van der Waals surface area contributed by atoms with Crippen molar-refractivity contribution in [2.75, 3.05) is 68.8 Å². The molecule has 0 saturated carbocycles. The van der Waals surface area contributed by atoms with Gasteiger partial charge in [0.2, 0.25) is 0 Å². The highest BCUT2D eigenvalue weighted by Crippen LogP contribution is 2.36. The number of aryl methyl sites for hydroxylation is 2. The molecule has 0 aliphatic carbocycles. The number of rotatable bonds is 13. The van der Waals surface area contributed by atoms with Gasteiger partial charge in [-0.3, -0.25) is 19.2 Å². The fourth-order valence-corrected chi connectivity index (χ4v) is 8.01. The van der Waals surface area contributed by atoms with Crippen molar-refractivity contribution in [3.8, 4) is 11.5 Å². The zero-order valence-electron chi connectivity index (χ0n) is 30.8. The molecule has 52 heavy (non-hydrogen) atoms. The lowest BCUT2D eigenvalue weighted by Crippen LogP contribution is -2.57. The molecule has 0 radical (unpaired) electrons. The average molecular weight is 761 g/mol. The van der Waals surface area contributed by atoms with Crippen molar-refractivity contribution in [3.63, 3.8) is 0 Å². The fraction of sp³-hybridized carbons (Fsp3) is 0.471. The van der Waals surface area contributed by atoms with E-state index in [2.05, 4.69) is 15.1 Å². The van der Waals surface area contributed by atoms with E-state index in [0.29, 0.717) is 37.9 Å². The maximum Gasteiger partial charge on any atom is 0.263 e. The van der Waals surface area contributed by atoms with E-state index in [1.807, 2.05) is 81.6 Å². The Kier molecular flexibility index (Phi) is 11.5. The van der Waals surface area contributed by atoms with Crippen LogP contribution in [-0.2, 0) is 67.8 Å². The van der Waals surface area contributed by atoms with Crippen LogP contribution in [0.25, 0.3) is 0 Å². The normalized spacial score (nSPS) is 16.6. The zero-order valence-corrected chi connectivity index (χ0v) is 32.4. The van der Waals surface area contributed by atoms with Crippen LogP contribution in [0, 0.1) is 0 Å². The van der Waals surface area contributed by atoms with Crippen molar-refractivity contribution in [1.82, 2.24) is 33.7 Å². The Bertz CT molecular complexity index is 2000. The van der Waals surface area contributed by atoms with Crippen molar-refractivity contribution >= 4 is 20.0 Å². The van der Waals surface area contributed by atoms with E-state index in [1.54, 1.807) is 43.7 Å². The van der Waals surface area contributed by atoms with Crippen LogP contribution in [0.4, 0.5) is 0 Å². The Morgan fingerprint density at radius 1 is 0.692 bits per heavy atom. The first-order valence-corrected chi connectivity index (χ1v) is 19.3. The second-order valence-electron chi connectivity index (χ2n) is 13.3. The van der Waals surface area contributed by atoms with Crippen LogP contribution >= 0.6 is 0 Å². The standard InChI is InChI=1S/C25H32N4O5S.C9H16N4O3S/c1-27(2)25(17-34-18-25)23-14-24(26-28(23)3)35(30,31)29(15-19-6-10-21(32-4)11-7-19)16-20-8-12-22(33-5)13-9-20;1-12(2)9(5-16-6-9)7-4-8(11-13(7)3)17(10,14)15/h6-14H,15-18H2,1-5H3;4H,5-6H2,1-3H3,(H2,10,14,15). The van der Waals surface area contributed by atoms with E-state index in [0.717, 1.165) is 22.5 Å². The van der Waals surface area contributed by atoms with Gasteiger partial charge in [0.15, 0.2) is 10.1 Å².